The Labute approximate surface area is 125 Å². The topological polar surface area (TPSA) is 40.5 Å². The summed E-state index contributed by atoms with van der Waals surface area (Å²) < 4.78 is 0. The summed E-state index contributed by atoms with van der Waals surface area (Å²) in [6.07, 6.45) is 15.4. The lowest BCUT2D eigenvalue weighted by atomic mass is 10.1. The smallest absolute Gasteiger partial charge is 0.0730 e. The number of aliphatic hydroxyl groups is 2. The Bertz CT molecular complexity index is 273. The SMILES string of the molecule is CCCCC[C@H](O)C=CC#CCCCCCCCCO. The second-order valence-electron chi connectivity index (χ2n) is 5.34. The molecule has 0 aromatic heterocycles. The van der Waals surface area contributed by atoms with Crippen molar-refractivity contribution >= 4 is 0 Å². The number of rotatable bonds is 12. The first-order valence-corrected chi connectivity index (χ1v) is 8.25. The highest BCUT2D eigenvalue weighted by molar-refractivity contribution is 5.16. The molecule has 2 heteroatoms. The predicted molar refractivity (Wildman–Crippen MR) is 86.5 cm³/mol. The first-order chi connectivity index (χ1) is 9.81. The van der Waals surface area contributed by atoms with E-state index in [0.717, 1.165) is 38.5 Å². The summed E-state index contributed by atoms with van der Waals surface area (Å²) >= 11 is 0. The summed E-state index contributed by atoms with van der Waals surface area (Å²) in [6, 6.07) is 0. The van der Waals surface area contributed by atoms with Crippen LogP contribution in [0.25, 0.3) is 0 Å². The average molecular weight is 280 g/mol. The Kier molecular flexibility index (Phi) is 15.6. The molecule has 0 heterocycles. The van der Waals surface area contributed by atoms with Gasteiger partial charge in [0.05, 0.1) is 6.10 Å². The Morgan fingerprint density at radius 3 is 2.35 bits per heavy atom. The van der Waals surface area contributed by atoms with Crippen LogP contribution in [0, 0.1) is 11.8 Å². The van der Waals surface area contributed by atoms with E-state index in [2.05, 4.69) is 18.8 Å². The molecule has 0 amide bonds. The van der Waals surface area contributed by atoms with Gasteiger partial charge in [-0.15, -0.1) is 0 Å². The third kappa shape index (κ3) is 15.3. The largest absolute Gasteiger partial charge is 0.396 e. The van der Waals surface area contributed by atoms with Crippen LogP contribution in [0.2, 0.25) is 0 Å². The lowest BCUT2D eigenvalue weighted by Crippen LogP contribution is -2.00. The van der Waals surface area contributed by atoms with E-state index in [4.69, 9.17) is 5.11 Å². The second kappa shape index (κ2) is 16.3. The highest BCUT2D eigenvalue weighted by atomic mass is 16.3. The first-order valence-electron chi connectivity index (χ1n) is 8.25. The summed E-state index contributed by atoms with van der Waals surface area (Å²) in [7, 11) is 0. The predicted octanol–water partition coefficient (Wildman–Crippen LogP) is 4.21. The van der Waals surface area contributed by atoms with Crippen molar-refractivity contribution in [2.24, 2.45) is 0 Å². The van der Waals surface area contributed by atoms with E-state index in [9.17, 15) is 5.11 Å². The highest BCUT2D eigenvalue weighted by Crippen LogP contribution is 2.06. The molecule has 0 radical (unpaired) electrons. The summed E-state index contributed by atoms with van der Waals surface area (Å²) in [5.74, 6) is 6.12. The molecule has 0 spiro atoms. The second-order valence-corrected chi connectivity index (χ2v) is 5.34. The third-order valence-corrected chi connectivity index (χ3v) is 3.32. The average Bonchev–Trinajstić information content (AvgIpc) is 2.45. The quantitative estimate of drug-likeness (QED) is 0.415. The monoisotopic (exact) mass is 280 g/mol. The van der Waals surface area contributed by atoms with Gasteiger partial charge in [-0.2, -0.15) is 0 Å². The van der Waals surface area contributed by atoms with Gasteiger partial charge in [0.25, 0.3) is 0 Å². The molecule has 0 aliphatic carbocycles. The van der Waals surface area contributed by atoms with Crippen LogP contribution in [-0.2, 0) is 0 Å². The molecule has 2 N–H and O–H groups in total. The minimum Gasteiger partial charge on any atom is -0.396 e. The molecule has 2 nitrogen and oxygen atoms in total. The fourth-order valence-electron chi connectivity index (χ4n) is 2.02. The van der Waals surface area contributed by atoms with Crippen molar-refractivity contribution in [2.45, 2.75) is 83.7 Å². The molecule has 0 fully saturated rings. The van der Waals surface area contributed by atoms with Gasteiger partial charge in [-0.1, -0.05) is 63.7 Å². The lowest BCUT2D eigenvalue weighted by Gasteiger charge is -2.02. The van der Waals surface area contributed by atoms with E-state index in [1.165, 1.54) is 32.1 Å². The molecule has 0 saturated heterocycles. The van der Waals surface area contributed by atoms with Crippen LogP contribution in [0.1, 0.15) is 77.6 Å². The molecule has 0 bridgehead atoms. The maximum absolute atomic E-state index is 9.65. The molecule has 0 aromatic carbocycles. The Morgan fingerprint density at radius 2 is 1.65 bits per heavy atom. The Balaban J connectivity index is 3.39. The van der Waals surface area contributed by atoms with Gasteiger partial charge in [0.15, 0.2) is 0 Å². The normalized spacial score (nSPS) is 12.3. The van der Waals surface area contributed by atoms with Crippen molar-refractivity contribution in [1.82, 2.24) is 0 Å². The molecule has 0 aliphatic heterocycles. The van der Waals surface area contributed by atoms with Crippen LogP contribution < -0.4 is 0 Å². The van der Waals surface area contributed by atoms with E-state index >= 15 is 0 Å². The van der Waals surface area contributed by atoms with Crippen LogP contribution in [-0.4, -0.2) is 22.9 Å². The molecule has 20 heavy (non-hydrogen) atoms. The molecule has 0 unspecified atom stereocenters. The van der Waals surface area contributed by atoms with Crippen molar-refractivity contribution < 1.29 is 10.2 Å². The molecule has 0 aliphatic rings. The summed E-state index contributed by atoms with van der Waals surface area (Å²) in [6.45, 7) is 2.49. The molecule has 0 aromatic rings. The Morgan fingerprint density at radius 1 is 0.950 bits per heavy atom. The van der Waals surface area contributed by atoms with Crippen molar-refractivity contribution in [3.05, 3.63) is 12.2 Å². The highest BCUT2D eigenvalue weighted by Gasteiger charge is 1.96. The van der Waals surface area contributed by atoms with E-state index in [0.29, 0.717) is 6.61 Å². The minimum absolute atomic E-state index is 0.322. The minimum atomic E-state index is -0.331. The van der Waals surface area contributed by atoms with Crippen LogP contribution in [0.4, 0.5) is 0 Å². The maximum atomic E-state index is 9.65. The third-order valence-electron chi connectivity index (χ3n) is 3.32. The molecule has 0 saturated carbocycles. The van der Waals surface area contributed by atoms with Crippen molar-refractivity contribution in [2.75, 3.05) is 6.61 Å². The molecule has 1 atom stereocenters. The van der Waals surface area contributed by atoms with Gasteiger partial charge in [-0.05, 0) is 31.4 Å². The van der Waals surface area contributed by atoms with Crippen LogP contribution in [0.15, 0.2) is 12.2 Å². The number of hydrogen-bond acceptors (Lipinski definition) is 2. The van der Waals surface area contributed by atoms with Crippen LogP contribution in [0.5, 0.6) is 0 Å². The fraction of sp³-hybridized carbons (Fsp3) is 0.778. The summed E-state index contributed by atoms with van der Waals surface area (Å²) in [4.78, 5) is 0. The summed E-state index contributed by atoms with van der Waals surface area (Å²) in [5.41, 5.74) is 0. The zero-order valence-corrected chi connectivity index (χ0v) is 13.1. The summed E-state index contributed by atoms with van der Waals surface area (Å²) in [5, 5.41) is 18.3. The van der Waals surface area contributed by atoms with Crippen molar-refractivity contribution in [3.63, 3.8) is 0 Å². The van der Waals surface area contributed by atoms with Gasteiger partial charge in [0.1, 0.15) is 0 Å². The fourth-order valence-corrected chi connectivity index (χ4v) is 2.02. The van der Waals surface area contributed by atoms with Crippen molar-refractivity contribution in [1.29, 1.82) is 0 Å². The van der Waals surface area contributed by atoms with Gasteiger partial charge in [-0.3, -0.25) is 0 Å². The first kappa shape index (κ1) is 19.2. The van der Waals surface area contributed by atoms with Gasteiger partial charge in [-0.25, -0.2) is 0 Å². The van der Waals surface area contributed by atoms with Gasteiger partial charge >= 0.3 is 0 Å². The van der Waals surface area contributed by atoms with E-state index < -0.39 is 0 Å². The van der Waals surface area contributed by atoms with Gasteiger partial charge in [0.2, 0.25) is 0 Å². The number of hydrogen-bond donors (Lipinski definition) is 2. The lowest BCUT2D eigenvalue weighted by molar-refractivity contribution is 0.208. The zero-order valence-electron chi connectivity index (χ0n) is 13.1. The number of unbranched alkanes of at least 4 members (excludes halogenated alkanes) is 8. The van der Waals surface area contributed by atoms with E-state index in [1.807, 2.05) is 0 Å². The van der Waals surface area contributed by atoms with E-state index in [1.54, 1.807) is 12.2 Å². The molecule has 0 rings (SSSR count). The maximum Gasteiger partial charge on any atom is 0.0730 e. The van der Waals surface area contributed by atoms with Gasteiger partial charge < -0.3 is 10.2 Å². The number of allylic oxidation sites excluding steroid dienone is 1. The molecular weight excluding hydrogens is 248 g/mol. The molecule has 116 valence electrons. The van der Waals surface area contributed by atoms with E-state index in [-0.39, 0.29) is 6.10 Å². The standard InChI is InChI=1S/C18H32O2/c1-2-3-12-15-18(20)16-13-10-8-6-4-5-7-9-11-14-17-19/h13,16,18-20H,2-7,9,11-12,14-15,17H2,1H3/t18-/m0/s1. The number of aliphatic hydroxyl groups excluding tert-OH is 2. The Hall–Kier alpha value is -0.780. The molecular formula is C18H32O2. The van der Waals surface area contributed by atoms with Crippen LogP contribution in [0.3, 0.4) is 0 Å². The zero-order chi connectivity index (χ0) is 14.9. The van der Waals surface area contributed by atoms with Gasteiger partial charge in [0, 0.05) is 13.0 Å². The van der Waals surface area contributed by atoms with Crippen LogP contribution >= 0.6 is 0 Å². The van der Waals surface area contributed by atoms with Crippen molar-refractivity contribution in [3.8, 4) is 11.8 Å².